The quantitative estimate of drug-likeness (QED) is 0.310. The highest BCUT2D eigenvalue weighted by molar-refractivity contribution is 9.10. The van der Waals surface area contributed by atoms with Crippen LogP contribution >= 0.6 is 15.9 Å². The third-order valence-electron chi connectivity index (χ3n) is 2.93. The highest BCUT2D eigenvalue weighted by Gasteiger charge is 2.12. The average Bonchev–Trinajstić information content (AvgIpc) is 2.59. The molecule has 0 amide bonds. The Hall–Kier alpha value is -2.74. The molecule has 0 heterocycles. The van der Waals surface area contributed by atoms with Crippen LogP contribution in [0.3, 0.4) is 0 Å². The second-order valence-corrected chi connectivity index (χ2v) is 5.55. The van der Waals surface area contributed by atoms with E-state index in [2.05, 4.69) is 15.9 Å². The normalized spacial score (nSPS) is 10.0. The van der Waals surface area contributed by atoms with Gasteiger partial charge in [0.15, 0.2) is 19.0 Å². The fraction of sp³-hybridized carbons (Fsp3) is 0.125. The second kappa shape index (κ2) is 8.21. The van der Waals surface area contributed by atoms with Gasteiger partial charge in [-0.1, -0.05) is 15.9 Å². The van der Waals surface area contributed by atoms with E-state index in [0.29, 0.717) is 5.75 Å². The molecule has 8 heteroatoms. The summed E-state index contributed by atoms with van der Waals surface area (Å²) in [5.74, 6) is -0.646. The molecule has 24 heavy (non-hydrogen) atoms. The largest absolute Gasteiger partial charge is 0.482 e. The molecule has 2 aromatic carbocycles. The zero-order valence-electron chi connectivity index (χ0n) is 12.3. The number of halogens is 1. The van der Waals surface area contributed by atoms with Crippen LogP contribution in [0.1, 0.15) is 10.4 Å². The van der Waals surface area contributed by atoms with E-state index in [-0.39, 0.29) is 17.9 Å². The number of Topliss-reactive ketones (excluding diaryl/α,β-unsaturated/α-hetero) is 1. The molecule has 0 spiro atoms. The predicted octanol–water partition coefficient (Wildman–Crippen LogP) is 3.16. The summed E-state index contributed by atoms with van der Waals surface area (Å²) in [6, 6.07) is 11.9. The van der Waals surface area contributed by atoms with E-state index in [0.717, 1.165) is 4.47 Å². The van der Waals surface area contributed by atoms with E-state index in [1.165, 1.54) is 24.3 Å². The van der Waals surface area contributed by atoms with Gasteiger partial charge < -0.3 is 9.47 Å². The summed E-state index contributed by atoms with van der Waals surface area (Å²) in [6.45, 7) is -0.782. The first kappa shape index (κ1) is 17.6. The molecule has 0 aliphatic carbocycles. The molecule has 2 aromatic rings. The predicted molar refractivity (Wildman–Crippen MR) is 88.0 cm³/mol. The van der Waals surface area contributed by atoms with Crippen LogP contribution in [0.5, 0.6) is 5.75 Å². The summed E-state index contributed by atoms with van der Waals surface area (Å²) in [5, 5.41) is 10.5. The lowest BCUT2D eigenvalue weighted by atomic mass is 10.1. The number of rotatable bonds is 7. The Bertz CT molecular complexity index is 742. The first-order chi connectivity index (χ1) is 11.5. The zero-order chi connectivity index (χ0) is 17.5. The maximum Gasteiger partial charge on any atom is 0.344 e. The fourth-order valence-electron chi connectivity index (χ4n) is 1.71. The first-order valence-electron chi connectivity index (χ1n) is 6.77. The van der Waals surface area contributed by atoms with Gasteiger partial charge in [0.05, 0.1) is 4.92 Å². The van der Waals surface area contributed by atoms with Crippen molar-refractivity contribution in [2.24, 2.45) is 0 Å². The van der Waals surface area contributed by atoms with Crippen LogP contribution in [0.25, 0.3) is 0 Å². The van der Waals surface area contributed by atoms with Crippen molar-refractivity contribution in [1.82, 2.24) is 0 Å². The Morgan fingerprint density at radius 3 is 2.21 bits per heavy atom. The van der Waals surface area contributed by atoms with Crippen molar-refractivity contribution >= 4 is 33.4 Å². The lowest BCUT2D eigenvalue weighted by molar-refractivity contribution is -0.384. The van der Waals surface area contributed by atoms with E-state index < -0.39 is 23.3 Å². The molecular formula is C16H12BrNO6. The molecule has 0 aromatic heterocycles. The summed E-state index contributed by atoms with van der Waals surface area (Å²) in [6.07, 6.45) is 0. The number of nitro benzene ring substituents is 1. The summed E-state index contributed by atoms with van der Waals surface area (Å²) >= 11 is 3.28. The number of benzene rings is 2. The maximum atomic E-state index is 11.8. The van der Waals surface area contributed by atoms with Crippen molar-refractivity contribution in [3.05, 3.63) is 68.7 Å². The number of nitro groups is 1. The van der Waals surface area contributed by atoms with Crippen LogP contribution in [-0.2, 0) is 9.53 Å². The molecule has 0 saturated heterocycles. The number of ketones is 1. The molecule has 7 nitrogen and oxygen atoms in total. The van der Waals surface area contributed by atoms with Crippen LogP contribution in [-0.4, -0.2) is 29.9 Å². The average molecular weight is 394 g/mol. The highest BCUT2D eigenvalue weighted by atomic mass is 79.9. The van der Waals surface area contributed by atoms with Gasteiger partial charge in [0.2, 0.25) is 0 Å². The monoisotopic (exact) mass is 393 g/mol. The molecule has 0 unspecified atom stereocenters. The fourth-order valence-corrected chi connectivity index (χ4v) is 1.98. The van der Waals surface area contributed by atoms with Crippen LogP contribution in [0, 0.1) is 10.1 Å². The number of esters is 1. The van der Waals surface area contributed by atoms with Gasteiger partial charge in [-0.3, -0.25) is 14.9 Å². The number of non-ortho nitro benzene ring substituents is 1. The lowest BCUT2D eigenvalue weighted by Crippen LogP contribution is -2.19. The Morgan fingerprint density at radius 2 is 1.62 bits per heavy atom. The molecular weight excluding hydrogens is 382 g/mol. The van der Waals surface area contributed by atoms with Crippen LogP contribution in [0.2, 0.25) is 0 Å². The molecule has 0 atom stereocenters. The van der Waals surface area contributed by atoms with Crippen LogP contribution in [0.4, 0.5) is 5.69 Å². The van der Waals surface area contributed by atoms with Crippen LogP contribution in [0.15, 0.2) is 53.0 Å². The molecule has 2 rings (SSSR count). The summed E-state index contributed by atoms with van der Waals surface area (Å²) < 4.78 is 10.9. The van der Waals surface area contributed by atoms with Gasteiger partial charge in [-0.05, 0) is 36.4 Å². The Labute approximate surface area is 145 Å². The van der Waals surface area contributed by atoms with E-state index in [1.54, 1.807) is 24.3 Å². The Balaban J connectivity index is 1.79. The van der Waals surface area contributed by atoms with Gasteiger partial charge >= 0.3 is 5.97 Å². The minimum Gasteiger partial charge on any atom is -0.482 e. The second-order valence-electron chi connectivity index (χ2n) is 4.63. The smallest absolute Gasteiger partial charge is 0.344 e. The third-order valence-corrected chi connectivity index (χ3v) is 3.46. The Kier molecular flexibility index (Phi) is 6.02. The number of carbonyl (C=O) groups excluding carboxylic acids is 2. The minimum atomic E-state index is -0.687. The molecule has 0 bridgehead atoms. The maximum absolute atomic E-state index is 11.8. The van der Waals surface area contributed by atoms with Crippen molar-refractivity contribution in [2.75, 3.05) is 13.2 Å². The molecule has 0 radical (unpaired) electrons. The van der Waals surface area contributed by atoms with Gasteiger partial charge in [0.25, 0.3) is 5.69 Å². The minimum absolute atomic E-state index is 0.119. The van der Waals surface area contributed by atoms with Crippen molar-refractivity contribution in [2.45, 2.75) is 0 Å². The molecule has 0 saturated carbocycles. The van der Waals surface area contributed by atoms with Crippen molar-refractivity contribution in [3.8, 4) is 5.75 Å². The molecule has 0 aliphatic heterocycles. The number of hydrogen-bond donors (Lipinski definition) is 0. The molecule has 0 fully saturated rings. The van der Waals surface area contributed by atoms with Crippen LogP contribution < -0.4 is 4.74 Å². The van der Waals surface area contributed by atoms with Gasteiger partial charge in [0.1, 0.15) is 5.75 Å². The Morgan fingerprint density at radius 1 is 1.00 bits per heavy atom. The zero-order valence-corrected chi connectivity index (χ0v) is 13.9. The topological polar surface area (TPSA) is 95.7 Å². The van der Waals surface area contributed by atoms with Gasteiger partial charge in [-0.2, -0.15) is 0 Å². The summed E-state index contributed by atoms with van der Waals surface area (Å²) in [7, 11) is 0. The highest BCUT2D eigenvalue weighted by Crippen LogP contribution is 2.16. The molecule has 124 valence electrons. The summed E-state index contributed by atoms with van der Waals surface area (Å²) in [4.78, 5) is 33.4. The first-order valence-corrected chi connectivity index (χ1v) is 7.56. The summed E-state index contributed by atoms with van der Waals surface area (Å²) in [5.41, 5.74) is 0.105. The van der Waals surface area contributed by atoms with E-state index in [9.17, 15) is 19.7 Å². The van der Waals surface area contributed by atoms with E-state index in [1.807, 2.05) is 0 Å². The number of carbonyl (C=O) groups is 2. The van der Waals surface area contributed by atoms with Gasteiger partial charge in [-0.25, -0.2) is 4.79 Å². The van der Waals surface area contributed by atoms with Gasteiger partial charge in [0, 0.05) is 22.2 Å². The van der Waals surface area contributed by atoms with Crippen molar-refractivity contribution < 1.29 is 24.0 Å². The standard InChI is InChI=1S/C16H12BrNO6/c17-12-3-7-14(8-4-12)23-10-16(20)24-9-15(19)11-1-5-13(6-2-11)18(21)22/h1-8H,9-10H2. The number of nitrogens with zero attached hydrogens (tertiary/aromatic N) is 1. The molecule has 0 N–H and O–H groups in total. The van der Waals surface area contributed by atoms with Crippen molar-refractivity contribution in [1.29, 1.82) is 0 Å². The van der Waals surface area contributed by atoms with Gasteiger partial charge in [-0.15, -0.1) is 0 Å². The van der Waals surface area contributed by atoms with Crippen molar-refractivity contribution in [3.63, 3.8) is 0 Å². The molecule has 0 aliphatic rings. The van der Waals surface area contributed by atoms with E-state index in [4.69, 9.17) is 9.47 Å². The van der Waals surface area contributed by atoms with E-state index >= 15 is 0 Å². The number of hydrogen-bond acceptors (Lipinski definition) is 6. The number of ether oxygens (including phenoxy) is 2. The SMILES string of the molecule is O=C(COc1ccc(Br)cc1)OCC(=O)c1ccc([N+](=O)[O-])cc1. The third kappa shape index (κ3) is 5.17. The lowest BCUT2D eigenvalue weighted by Gasteiger charge is -2.07.